The molecule has 2 heterocycles. The Kier molecular flexibility index (Phi) is 14.3. The first-order valence-corrected chi connectivity index (χ1v) is 23.5. The van der Waals surface area contributed by atoms with Crippen molar-refractivity contribution in [1.29, 1.82) is 0 Å². The Morgan fingerprint density at radius 2 is 1.19 bits per heavy atom. The molecule has 1 aliphatic rings. The van der Waals surface area contributed by atoms with E-state index in [1.165, 1.54) is 0 Å². The number of aromatic nitrogens is 4. The Balaban J connectivity index is 0.941. The zero-order valence-corrected chi connectivity index (χ0v) is 38.3. The minimum atomic E-state index is -0.897. The van der Waals surface area contributed by atoms with Crippen LogP contribution in [0.15, 0.2) is 205 Å². The molecule has 0 N–H and O–H groups in total. The van der Waals surface area contributed by atoms with E-state index >= 15 is 0 Å². The summed E-state index contributed by atoms with van der Waals surface area (Å²) in [5, 5.41) is 20.3. The lowest BCUT2D eigenvalue weighted by atomic mass is 9.77. The average molecular weight is 900 g/mol. The summed E-state index contributed by atoms with van der Waals surface area (Å²) >= 11 is 0. The van der Waals surface area contributed by atoms with E-state index in [2.05, 4.69) is 121 Å². The third-order valence-corrected chi connectivity index (χ3v) is 12.6. The number of benzene rings is 7. The molecule has 0 saturated heterocycles. The molecule has 1 aromatic heterocycles. The monoisotopic (exact) mass is 899 g/mol. The minimum Gasteiger partial charge on any atom is -0.445 e. The molecule has 11 nitrogen and oxygen atoms in total. The van der Waals surface area contributed by atoms with E-state index in [-0.39, 0.29) is 6.61 Å². The molecule has 0 saturated carbocycles. The summed E-state index contributed by atoms with van der Waals surface area (Å²) in [5.74, 6) is 0.623. The van der Waals surface area contributed by atoms with Gasteiger partial charge in [-0.1, -0.05) is 214 Å². The topological polar surface area (TPSA) is 109 Å². The Morgan fingerprint density at radius 3 is 1.78 bits per heavy atom. The summed E-state index contributed by atoms with van der Waals surface area (Å²) in [4.78, 5) is 30.3. The summed E-state index contributed by atoms with van der Waals surface area (Å²) in [6, 6.07) is 67.0. The van der Waals surface area contributed by atoms with Gasteiger partial charge < -0.3 is 9.64 Å². The van der Waals surface area contributed by atoms with Crippen molar-refractivity contribution in [3.05, 3.63) is 238 Å². The van der Waals surface area contributed by atoms with E-state index < -0.39 is 17.7 Å². The number of unbranched alkanes of at least 4 members (excludes halogenated alkanes) is 1. The highest BCUT2D eigenvalue weighted by Crippen LogP contribution is 2.43. The van der Waals surface area contributed by atoms with Gasteiger partial charge in [0.25, 0.3) is 0 Å². The second-order valence-corrected chi connectivity index (χ2v) is 17.1. The van der Waals surface area contributed by atoms with Gasteiger partial charge >= 0.3 is 6.09 Å². The predicted molar refractivity (Wildman–Crippen MR) is 266 cm³/mol. The molecule has 1 atom stereocenters. The maximum Gasteiger partial charge on any atom is 0.410 e. The Bertz CT molecular complexity index is 2820. The van der Waals surface area contributed by atoms with Gasteiger partial charge in [0, 0.05) is 36.6 Å². The summed E-state index contributed by atoms with van der Waals surface area (Å²) in [7, 11) is 0. The maximum atomic E-state index is 14.1. The second-order valence-electron chi connectivity index (χ2n) is 17.1. The lowest BCUT2D eigenvalue weighted by molar-refractivity contribution is -0.714. The smallest absolute Gasteiger partial charge is 0.410 e. The summed E-state index contributed by atoms with van der Waals surface area (Å²) in [6.45, 7) is 3.50. The Morgan fingerprint density at radius 1 is 0.647 bits per heavy atom. The number of hydrogen-bond acceptors (Lipinski definition) is 7. The average Bonchev–Trinajstić information content (AvgIpc) is 4.00. The van der Waals surface area contributed by atoms with Crippen LogP contribution in [0.3, 0.4) is 0 Å². The van der Waals surface area contributed by atoms with Gasteiger partial charge in [-0.05, 0) is 77.8 Å². The number of hydrazone groups is 1. The van der Waals surface area contributed by atoms with E-state index in [1.54, 1.807) is 10.0 Å². The molecule has 0 bridgehead atoms. The van der Waals surface area contributed by atoms with Gasteiger partial charge in [-0.3, -0.25) is 0 Å². The van der Waals surface area contributed by atoms with Gasteiger partial charge in [0.05, 0.1) is 4.87 Å². The fraction of sp³-hybridized carbons (Fsp3) is 0.211. The fourth-order valence-corrected chi connectivity index (χ4v) is 9.18. The molecule has 0 fully saturated rings. The predicted octanol–water partition coefficient (Wildman–Crippen LogP) is 11.5. The van der Waals surface area contributed by atoms with Crippen LogP contribution in [-0.4, -0.2) is 66.0 Å². The molecule has 340 valence electrons. The number of hydrazine groups is 1. The first-order chi connectivity index (χ1) is 33.5. The molecule has 1 unspecified atom stereocenters. The standard InChI is InChI=1S/C57H55N8O3/c1-2-3-34-53-54(65(67)63(59-53)40-21-39-62(42-45-22-9-4-10-23-45)56(66)68-43-46-24-11-5-12-25-46)41-44-35-37-47(38-36-44)51-32-19-20-33-52(51)55-58-60-61-64(55)57(48-26-13-6-14-27-48,49-28-15-7-16-29-49)50-30-17-8-18-31-50/h4-20,22-33,35-38,54H,2-3,21,34,39-43H2,1H3/q+1. The van der Waals surface area contributed by atoms with E-state index in [9.17, 15) is 9.70 Å². The third-order valence-electron chi connectivity index (χ3n) is 12.6. The van der Waals surface area contributed by atoms with Crippen LogP contribution in [0.25, 0.3) is 22.5 Å². The highest BCUT2D eigenvalue weighted by atomic mass is 16.6. The van der Waals surface area contributed by atoms with Crippen molar-refractivity contribution in [2.45, 2.75) is 63.8 Å². The van der Waals surface area contributed by atoms with Crippen LogP contribution in [-0.2, 0) is 29.8 Å². The van der Waals surface area contributed by atoms with Crippen LogP contribution in [0.5, 0.6) is 0 Å². The van der Waals surface area contributed by atoms with Gasteiger partial charge in [-0.2, -0.15) is 0 Å². The number of ether oxygens (including phenoxy) is 1. The van der Waals surface area contributed by atoms with E-state index in [0.717, 1.165) is 79.9 Å². The lowest BCUT2D eigenvalue weighted by Gasteiger charge is -2.36. The number of nitroso groups, excluding NO2 is 1. The summed E-state index contributed by atoms with van der Waals surface area (Å²) in [6.07, 6.45) is 3.30. The molecule has 0 spiro atoms. The van der Waals surface area contributed by atoms with Gasteiger partial charge in [0.1, 0.15) is 18.7 Å². The first-order valence-electron chi connectivity index (χ1n) is 23.5. The molecule has 0 aliphatic carbocycles. The first kappa shape index (κ1) is 45.1. The van der Waals surface area contributed by atoms with Crippen LogP contribution in [0.4, 0.5) is 4.79 Å². The fourth-order valence-electron chi connectivity index (χ4n) is 9.18. The molecule has 1 amide bonds. The Hall–Kier alpha value is -8.05. The lowest BCUT2D eigenvalue weighted by Crippen LogP contribution is -2.39. The van der Waals surface area contributed by atoms with Gasteiger partial charge in [0.15, 0.2) is 5.82 Å². The number of carbonyl (C=O) groups is 1. The maximum absolute atomic E-state index is 14.1. The number of tetrazole rings is 1. The van der Waals surface area contributed by atoms with Gasteiger partial charge in [0.2, 0.25) is 11.8 Å². The van der Waals surface area contributed by atoms with Gasteiger partial charge in [-0.15, -0.1) is 5.10 Å². The van der Waals surface area contributed by atoms with Crippen LogP contribution < -0.4 is 0 Å². The zero-order chi connectivity index (χ0) is 46.5. The molecule has 8 aromatic rings. The second kappa shape index (κ2) is 21.5. The number of nitrogens with zero attached hydrogens (tertiary/aromatic N) is 8. The highest BCUT2D eigenvalue weighted by Gasteiger charge is 2.44. The van der Waals surface area contributed by atoms with Crippen LogP contribution in [0, 0.1) is 4.91 Å². The van der Waals surface area contributed by atoms with E-state index in [0.29, 0.717) is 38.3 Å². The summed E-state index contributed by atoms with van der Waals surface area (Å²) < 4.78 is 7.71. The van der Waals surface area contributed by atoms with Crippen molar-refractivity contribution >= 4 is 11.8 Å². The van der Waals surface area contributed by atoms with Crippen molar-refractivity contribution in [3.63, 3.8) is 0 Å². The largest absolute Gasteiger partial charge is 0.445 e. The van der Waals surface area contributed by atoms with Crippen LogP contribution >= 0.6 is 0 Å². The molecule has 68 heavy (non-hydrogen) atoms. The molecule has 1 aliphatic heterocycles. The third kappa shape index (κ3) is 9.88. The number of hydrogen-bond donors (Lipinski definition) is 0. The highest BCUT2D eigenvalue weighted by molar-refractivity contribution is 5.89. The molecule has 7 aromatic carbocycles. The molecule has 9 rings (SSSR count). The molecule has 0 radical (unpaired) electrons. The van der Waals surface area contributed by atoms with Crippen molar-refractivity contribution in [2.75, 3.05) is 13.1 Å². The number of amides is 1. The van der Waals surface area contributed by atoms with Crippen molar-refractivity contribution < 1.29 is 14.4 Å². The number of rotatable bonds is 19. The SMILES string of the molecule is CCCCC1=NN(CCCN(Cc2ccccc2)C(=O)OCc2ccccc2)[N+](=O)C1Cc1ccc(-c2ccccc2-c2nnnn2C(c2ccccc2)(c2ccccc2)c2ccccc2)cc1. The van der Waals surface area contributed by atoms with Crippen LogP contribution in [0.1, 0.15) is 66.0 Å². The normalized spacial score (nSPS) is 13.6. The summed E-state index contributed by atoms with van der Waals surface area (Å²) in [5.41, 5.74) is 8.87. The van der Waals surface area contributed by atoms with Crippen LogP contribution in [0.2, 0.25) is 0 Å². The quantitative estimate of drug-likeness (QED) is 0.0587. The van der Waals surface area contributed by atoms with Crippen molar-refractivity contribution in [1.82, 2.24) is 30.2 Å². The molecule has 11 heteroatoms. The Labute approximate surface area is 397 Å². The van der Waals surface area contributed by atoms with Crippen molar-refractivity contribution in [3.8, 4) is 22.5 Å². The molecular formula is C57H55N8O3+. The zero-order valence-electron chi connectivity index (χ0n) is 38.3. The van der Waals surface area contributed by atoms with Crippen molar-refractivity contribution in [2.24, 2.45) is 5.10 Å². The number of carbonyl (C=O) groups excluding carboxylic acids is 1. The van der Waals surface area contributed by atoms with E-state index in [4.69, 9.17) is 20.2 Å². The molecular weight excluding hydrogens is 845 g/mol. The van der Waals surface area contributed by atoms with E-state index in [1.807, 2.05) is 95.7 Å². The van der Waals surface area contributed by atoms with Gasteiger partial charge in [-0.25, -0.2) is 9.48 Å². The minimum absolute atomic E-state index is 0.185.